The van der Waals surface area contributed by atoms with Crippen LogP contribution in [0.4, 0.5) is 4.79 Å². The molecule has 7 heteroatoms. The molecular weight excluding hydrogens is 286 g/mol. The molecule has 0 saturated carbocycles. The van der Waals surface area contributed by atoms with E-state index < -0.39 is 23.7 Å². The molecule has 1 aliphatic rings. The first-order valence-electron chi connectivity index (χ1n) is 6.76. The smallest absolute Gasteiger partial charge is 0.412 e. The van der Waals surface area contributed by atoms with Crippen molar-refractivity contribution in [1.29, 1.82) is 5.41 Å². The van der Waals surface area contributed by atoms with Crippen LogP contribution in [-0.4, -0.2) is 34.5 Å². The number of nitrogens with one attached hydrogen (secondary N) is 3. The Hall–Kier alpha value is -2.57. The fraction of sp³-hybridized carbons (Fsp3) is 0.400. The molecule has 0 radical (unpaired) electrons. The van der Waals surface area contributed by atoms with Crippen molar-refractivity contribution in [3.63, 3.8) is 0 Å². The Labute approximate surface area is 129 Å². The van der Waals surface area contributed by atoms with Crippen molar-refractivity contribution in [1.82, 2.24) is 10.6 Å². The van der Waals surface area contributed by atoms with Crippen LogP contribution in [0.2, 0.25) is 0 Å². The lowest BCUT2D eigenvalue weighted by molar-refractivity contribution is -0.138. The fourth-order valence-electron chi connectivity index (χ4n) is 1.47. The van der Waals surface area contributed by atoms with Crippen molar-refractivity contribution in [2.75, 3.05) is 0 Å². The number of carbonyl (C=O) groups is 2. The minimum absolute atomic E-state index is 0.208. The van der Waals surface area contributed by atoms with Gasteiger partial charge in [-0.05, 0) is 45.9 Å². The summed E-state index contributed by atoms with van der Waals surface area (Å²) in [5.74, 6) is -0.995. The lowest BCUT2D eigenvalue weighted by atomic mass is 10.0. The normalized spacial score (nSPS) is 17.7. The first-order valence-corrected chi connectivity index (χ1v) is 6.76. The van der Waals surface area contributed by atoms with Gasteiger partial charge in [0, 0.05) is 17.5 Å². The fourth-order valence-corrected chi connectivity index (χ4v) is 1.47. The second-order valence-electron chi connectivity index (χ2n) is 5.80. The van der Waals surface area contributed by atoms with E-state index in [1.165, 1.54) is 19.2 Å². The van der Waals surface area contributed by atoms with Gasteiger partial charge in [-0.1, -0.05) is 0 Å². The predicted molar refractivity (Wildman–Crippen MR) is 82.6 cm³/mol. The molecule has 1 aliphatic carbocycles. The van der Waals surface area contributed by atoms with Gasteiger partial charge in [-0.3, -0.25) is 10.1 Å². The van der Waals surface area contributed by atoms with Gasteiger partial charge >= 0.3 is 12.1 Å². The SMILES string of the molecule is CC(N/C=C1/C=C(NC(=O)OC(C)(C)C)C=CC1=N)C(=O)O. The molecule has 120 valence electrons. The predicted octanol–water partition coefficient (Wildman–Crippen LogP) is 1.93. The number of carbonyl (C=O) groups excluding carboxylic acids is 1. The van der Waals surface area contributed by atoms with Gasteiger partial charge < -0.3 is 20.6 Å². The van der Waals surface area contributed by atoms with Crippen molar-refractivity contribution < 1.29 is 19.4 Å². The third kappa shape index (κ3) is 5.82. The summed E-state index contributed by atoms with van der Waals surface area (Å²) in [6.45, 7) is 6.77. The Morgan fingerprint density at radius 2 is 2.00 bits per heavy atom. The molecule has 0 aliphatic heterocycles. The highest BCUT2D eigenvalue weighted by Crippen LogP contribution is 2.13. The van der Waals surface area contributed by atoms with E-state index >= 15 is 0 Å². The van der Waals surface area contributed by atoms with Gasteiger partial charge in [-0.15, -0.1) is 0 Å². The van der Waals surface area contributed by atoms with Gasteiger partial charge in [0.1, 0.15) is 11.6 Å². The van der Waals surface area contributed by atoms with Crippen LogP contribution in [0.15, 0.2) is 35.7 Å². The summed E-state index contributed by atoms with van der Waals surface area (Å²) in [4.78, 5) is 22.4. The molecule has 0 aromatic carbocycles. The molecular formula is C15H21N3O4. The number of ether oxygens (including phenoxy) is 1. The zero-order valence-corrected chi connectivity index (χ0v) is 13.1. The Bertz CT molecular complexity index is 568. The van der Waals surface area contributed by atoms with Crippen molar-refractivity contribution in [3.8, 4) is 0 Å². The molecule has 0 heterocycles. The Kier molecular flexibility index (Phi) is 5.50. The van der Waals surface area contributed by atoms with Gasteiger partial charge in [0.25, 0.3) is 0 Å². The maximum Gasteiger partial charge on any atom is 0.412 e. The highest BCUT2D eigenvalue weighted by molar-refractivity contribution is 6.09. The van der Waals surface area contributed by atoms with Crippen LogP contribution in [0, 0.1) is 5.41 Å². The molecule has 1 atom stereocenters. The first-order chi connectivity index (χ1) is 10.1. The third-order valence-corrected chi connectivity index (χ3v) is 2.56. The third-order valence-electron chi connectivity index (χ3n) is 2.56. The van der Waals surface area contributed by atoms with E-state index in [2.05, 4.69) is 10.6 Å². The number of hydrogen-bond acceptors (Lipinski definition) is 5. The van der Waals surface area contributed by atoms with Gasteiger partial charge in [-0.2, -0.15) is 0 Å². The molecule has 1 unspecified atom stereocenters. The first kappa shape index (κ1) is 17.5. The zero-order chi connectivity index (χ0) is 16.9. The van der Waals surface area contributed by atoms with Crippen molar-refractivity contribution in [2.45, 2.75) is 39.3 Å². The van der Waals surface area contributed by atoms with Crippen LogP contribution >= 0.6 is 0 Å². The highest BCUT2D eigenvalue weighted by Gasteiger charge is 2.17. The molecule has 4 N–H and O–H groups in total. The molecule has 0 spiro atoms. The van der Waals surface area contributed by atoms with Gasteiger partial charge in [0.15, 0.2) is 0 Å². The number of carboxylic acids is 1. The van der Waals surface area contributed by atoms with Crippen molar-refractivity contribution >= 4 is 17.8 Å². The molecule has 0 bridgehead atoms. The largest absolute Gasteiger partial charge is 0.480 e. The highest BCUT2D eigenvalue weighted by atomic mass is 16.6. The van der Waals surface area contributed by atoms with E-state index in [0.717, 1.165) is 0 Å². The van der Waals surface area contributed by atoms with E-state index in [4.69, 9.17) is 15.3 Å². The van der Waals surface area contributed by atoms with Crippen molar-refractivity contribution in [3.05, 3.63) is 35.7 Å². The molecule has 0 saturated heterocycles. The van der Waals surface area contributed by atoms with Crippen LogP contribution in [0.25, 0.3) is 0 Å². The van der Waals surface area contributed by atoms with Gasteiger partial charge in [0.2, 0.25) is 0 Å². The average molecular weight is 307 g/mol. The summed E-state index contributed by atoms with van der Waals surface area (Å²) in [6, 6.07) is -0.776. The molecule has 22 heavy (non-hydrogen) atoms. The van der Waals surface area contributed by atoms with E-state index in [1.54, 1.807) is 32.9 Å². The number of amides is 1. The molecule has 1 rings (SSSR count). The summed E-state index contributed by atoms with van der Waals surface area (Å²) in [7, 11) is 0. The Balaban J connectivity index is 2.76. The van der Waals surface area contributed by atoms with Crippen LogP contribution in [0.5, 0.6) is 0 Å². The van der Waals surface area contributed by atoms with E-state index in [9.17, 15) is 9.59 Å². The monoisotopic (exact) mass is 307 g/mol. The summed E-state index contributed by atoms with van der Waals surface area (Å²) in [5.41, 5.74) is 0.523. The zero-order valence-electron chi connectivity index (χ0n) is 13.1. The minimum Gasteiger partial charge on any atom is -0.480 e. The summed E-state index contributed by atoms with van der Waals surface area (Å²) in [5, 5.41) is 21.8. The summed E-state index contributed by atoms with van der Waals surface area (Å²) < 4.78 is 5.14. The van der Waals surface area contributed by atoms with Crippen molar-refractivity contribution in [2.24, 2.45) is 0 Å². The second kappa shape index (κ2) is 6.93. The standard InChI is InChI=1S/C15H21N3O4/c1-9(13(19)20)17-8-10-7-11(5-6-12(10)16)18-14(21)22-15(2,3)4/h5-9,16-17H,1-4H3,(H,18,21)(H,19,20)/b10-8-,16-12?. The Morgan fingerprint density at radius 1 is 1.36 bits per heavy atom. The molecule has 0 aromatic rings. The van der Waals surface area contributed by atoms with Crippen LogP contribution in [0.1, 0.15) is 27.7 Å². The van der Waals surface area contributed by atoms with Gasteiger partial charge in [0.05, 0.1) is 5.71 Å². The van der Waals surface area contributed by atoms with E-state index in [1.807, 2.05) is 0 Å². The lowest BCUT2D eigenvalue weighted by Gasteiger charge is -2.20. The summed E-state index contributed by atoms with van der Waals surface area (Å²) in [6.07, 6.45) is 5.48. The number of carboxylic acid groups (broad SMARTS) is 1. The topological polar surface area (TPSA) is 112 Å². The van der Waals surface area contributed by atoms with Gasteiger partial charge in [-0.25, -0.2) is 4.79 Å². The Morgan fingerprint density at radius 3 is 2.55 bits per heavy atom. The summed E-state index contributed by atoms with van der Waals surface area (Å²) >= 11 is 0. The number of rotatable bonds is 4. The molecule has 1 amide bonds. The average Bonchev–Trinajstić information content (AvgIpc) is 2.36. The molecule has 7 nitrogen and oxygen atoms in total. The van der Waals surface area contributed by atoms with E-state index in [0.29, 0.717) is 11.3 Å². The number of allylic oxidation sites excluding steroid dienone is 4. The molecule has 0 fully saturated rings. The van der Waals surface area contributed by atoms with E-state index in [-0.39, 0.29) is 5.71 Å². The van der Waals surface area contributed by atoms with Crippen LogP contribution < -0.4 is 10.6 Å². The maximum atomic E-state index is 11.7. The minimum atomic E-state index is -0.995. The molecule has 0 aromatic heterocycles. The number of hydrogen-bond donors (Lipinski definition) is 4. The number of aliphatic carboxylic acids is 1. The quantitative estimate of drug-likeness (QED) is 0.634. The second-order valence-corrected chi connectivity index (χ2v) is 5.80. The van der Waals surface area contributed by atoms with Crippen LogP contribution in [0.3, 0.4) is 0 Å². The number of alkyl carbamates (subject to hydrolysis) is 1. The maximum absolute atomic E-state index is 11.7. The van der Waals surface area contributed by atoms with Crippen LogP contribution in [-0.2, 0) is 9.53 Å². The lowest BCUT2D eigenvalue weighted by Crippen LogP contribution is -2.32.